The second-order valence-corrected chi connectivity index (χ2v) is 2.85. The molecule has 0 radical (unpaired) electrons. The molecule has 0 amide bonds. The summed E-state index contributed by atoms with van der Waals surface area (Å²) in [7, 11) is 0. The normalized spacial score (nSPS) is 13.7. The molecule has 0 fully saturated rings. The van der Waals surface area contributed by atoms with E-state index in [0.717, 1.165) is 12.0 Å². The van der Waals surface area contributed by atoms with Crippen molar-refractivity contribution >= 4 is 12.7 Å². The number of hydrogen-bond acceptors (Lipinski definition) is 2. The molecular formula is C10H13NO2. The Bertz CT molecular complexity index is 462. The minimum atomic E-state index is -0.458. The molecule has 0 unspecified atom stereocenters. The van der Waals surface area contributed by atoms with E-state index in [2.05, 4.69) is 24.6 Å². The van der Waals surface area contributed by atoms with E-state index in [0.29, 0.717) is 10.8 Å². The van der Waals surface area contributed by atoms with Gasteiger partial charge in [0.25, 0.3) is 0 Å². The van der Waals surface area contributed by atoms with Crippen molar-refractivity contribution in [3.05, 3.63) is 33.0 Å². The summed E-state index contributed by atoms with van der Waals surface area (Å²) in [5, 5.41) is 0.646. The summed E-state index contributed by atoms with van der Waals surface area (Å²) in [6, 6.07) is 0. The van der Waals surface area contributed by atoms with Gasteiger partial charge in [0.2, 0.25) is 0 Å². The molecule has 1 rings (SSSR count). The van der Waals surface area contributed by atoms with Gasteiger partial charge in [-0.3, -0.25) is 4.98 Å². The van der Waals surface area contributed by atoms with E-state index in [-0.39, 0.29) is 0 Å². The molecule has 0 aliphatic carbocycles. The number of nitrogens with one attached hydrogen (secondary N) is 1. The molecule has 0 saturated carbocycles. The Hall–Kier alpha value is -1.51. The highest BCUT2D eigenvalue weighted by Crippen LogP contribution is 1.94. The highest BCUT2D eigenvalue weighted by Gasteiger charge is 1.90. The maximum atomic E-state index is 10.7. The van der Waals surface area contributed by atoms with Crippen LogP contribution >= 0.6 is 0 Å². The number of rotatable bonds is 2. The van der Waals surface area contributed by atoms with Crippen molar-refractivity contribution in [1.29, 1.82) is 0 Å². The summed E-state index contributed by atoms with van der Waals surface area (Å²) in [6.45, 7) is 7.62. The molecule has 1 aromatic heterocycles. The SMILES string of the molecule is C=c1oc(=O)[nH]/c1=C/C(C)=C\CC. The van der Waals surface area contributed by atoms with Gasteiger partial charge in [0, 0.05) is 0 Å². The van der Waals surface area contributed by atoms with Gasteiger partial charge >= 0.3 is 5.76 Å². The topological polar surface area (TPSA) is 46.0 Å². The van der Waals surface area contributed by atoms with E-state index in [1.165, 1.54) is 0 Å². The minimum absolute atomic E-state index is 0.383. The molecule has 0 bridgehead atoms. The molecule has 1 N–H and O–H groups in total. The Labute approximate surface area is 76.1 Å². The predicted octanol–water partition coefficient (Wildman–Crippen LogP) is 0.515. The average Bonchev–Trinajstić information content (AvgIpc) is 2.30. The number of allylic oxidation sites excluding steroid dienone is 2. The van der Waals surface area contributed by atoms with Crippen LogP contribution in [0.15, 0.2) is 20.9 Å². The van der Waals surface area contributed by atoms with Crippen molar-refractivity contribution in [3.63, 3.8) is 0 Å². The van der Waals surface area contributed by atoms with Gasteiger partial charge in [0.1, 0.15) is 5.42 Å². The van der Waals surface area contributed by atoms with Crippen molar-refractivity contribution in [3.8, 4) is 0 Å². The molecule has 70 valence electrons. The number of aromatic amines is 1. The largest absolute Gasteiger partial charge is 0.417 e. The third kappa shape index (κ3) is 2.47. The van der Waals surface area contributed by atoms with Crippen LogP contribution < -0.4 is 16.5 Å². The highest BCUT2D eigenvalue weighted by molar-refractivity contribution is 5.42. The first-order chi connectivity index (χ1) is 6.13. The Morgan fingerprint density at radius 1 is 1.69 bits per heavy atom. The maximum Gasteiger partial charge on any atom is 0.417 e. The number of aromatic nitrogens is 1. The Kier molecular flexibility index (Phi) is 2.90. The van der Waals surface area contributed by atoms with Crippen LogP contribution in [0.2, 0.25) is 0 Å². The fraction of sp³-hybridized carbons (Fsp3) is 0.300. The molecule has 1 aromatic rings. The molecule has 0 aliphatic heterocycles. The zero-order valence-electron chi connectivity index (χ0n) is 7.89. The third-order valence-corrected chi connectivity index (χ3v) is 1.65. The lowest BCUT2D eigenvalue weighted by Crippen LogP contribution is -2.20. The quantitative estimate of drug-likeness (QED) is 0.719. The molecular weight excluding hydrogens is 166 g/mol. The number of oxazole rings is 1. The van der Waals surface area contributed by atoms with Gasteiger partial charge in [-0.2, -0.15) is 0 Å². The van der Waals surface area contributed by atoms with Crippen molar-refractivity contribution in [2.45, 2.75) is 20.3 Å². The van der Waals surface area contributed by atoms with Gasteiger partial charge in [-0.25, -0.2) is 4.79 Å². The highest BCUT2D eigenvalue weighted by atomic mass is 16.4. The van der Waals surface area contributed by atoms with Crippen LogP contribution in [0.1, 0.15) is 20.3 Å². The zero-order chi connectivity index (χ0) is 9.84. The first-order valence-corrected chi connectivity index (χ1v) is 4.20. The fourth-order valence-corrected chi connectivity index (χ4v) is 1.10. The number of hydrogen-bond donors (Lipinski definition) is 1. The van der Waals surface area contributed by atoms with Crippen LogP contribution in [-0.2, 0) is 0 Å². The minimum Gasteiger partial charge on any atom is -0.409 e. The average molecular weight is 179 g/mol. The molecule has 1 heterocycles. The summed E-state index contributed by atoms with van der Waals surface area (Å²) >= 11 is 0. The summed E-state index contributed by atoms with van der Waals surface area (Å²) in [5.41, 5.74) is 1.47. The van der Waals surface area contributed by atoms with Crippen LogP contribution in [-0.4, -0.2) is 4.98 Å². The molecule has 0 spiro atoms. The monoisotopic (exact) mass is 179 g/mol. The smallest absolute Gasteiger partial charge is 0.409 e. The molecule has 13 heavy (non-hydrogen) atoms. The lowest BCUT2D eigenvalue weighted by atomic mass is 10.2. The van der Waals surface area contributed by atoms with Gasteiger partial charge in [0.15, 0.2) is 0 Å². The first-order valence-electron chi connectivity index (χ1n) is 4.20. The maximum absolute atomic E-state index is 10.7. The third-order valence-electron chi connectivity index (χ3n) is 1.65. The Balaban J connectivity index is 3.22. The van der Waals surface area contributed by atoms with Crippen molar-refractivity contribution in [2.75, 3.05) is 0 Å². The molecule has 3 heteroatoms. The van der Waals surface area contributed by atoms with E-state index in [4.69, 9.17) is 4.42 Å². The van der Waals surface area contributed by atoms with E-state index in [9.17, 15) is 4.79 Å². The molecule has 0 aromatic carbocycles. The standard InChI is InChI=1S/C10H13NO2/c1-4-5-7(2)6-9-8(3)13-10(12)11-9/h5-6H,3-4H2,1-2H3,(H,11,12)/b7-5-,9-6+. The van der Waals surface area contributed by atoms with Crippen molar-refractivity contribution < 1.29 is 4.42 Å². The summed E-state index contributed by atoms with van der Waals surface area (Å²) in [6.07, 6.45) is 4.87. The van der Waals surface area contributed by atoms with Gasteiger partial charge in [0.05, 0.1) is 5.35 Å². The predicted molar refractivity (Wildman–Crippen MR) is 52.6 cm³/mol. The molecule has 0 atom stereocenters. The number of H-pyrrole nitrogens is 1. The lowest BCUT2D eigenvalue weighted by molar-refractivity contribution is 0.487. The second-order valence-electron chi connectivity index (χ2n) is 2.85. The van der Waals surface area contributed by atoms with E-state index in [1.54, 1.807) is 0 Å². The van der Waals surface area contributed by atoms with Gasteiger partial charge in [-0.1, -0.05) is 25.2 Å². The van der Waals surface area contributed by atoms with Crippen molar-refractivity contribution in [2.24, 2.45) is 0 Å². The second kappa shape index (κ2) is 3.94. The summed E-state index contributed by atoms with van der Waals surface area (Å²) in [5.74, 6) is -0.458. The van der Waals surface area contributed by atoms with Gasteiger partial charge in [-0.05, 0) is 19.4 Å². The van der Waals surface area contributed by atoms with Crippen molar-refractivity contribution in [1.82, 2.24) is 4.98 Å². The lowest BCUT2D eigenvalue weighted by Gasteiger charge is -1.86. The van der Waals surface area contributed by atoms with Crippen LogP contribution in [0.4, 0.5) is 0 Å². The molecule has 0 aliphatic rings. The van der Waals surface area contributed by atoms with E-state index in [1.807, 2.05) is 13.0 Å². The van der Waals surface area contributed by atoms with Crippen LogP contribution in [0.25, 0.3) is 12.7 Å². The van der Waals surface area contributed by atoms with E-state index >= 15 is 0 Å². The van der Waals surface area contributed by atoms with Gasteiger partial charge < -0.3 is 4.42 Å². The van der Waals surface area contributed by atoms with Crippen LogP contribution in [0.5, 0.6) is 0 Å². The summed E-state index contributed by atoms with van der Waals surface area (Å²) < 4.78 is 4.71. The molecule has 0 saturated heterocycles. The Morgan fingerprint density at radius 2 is 2.38 bits per heavy atom. The van der Waals surface area contributed by atoms with Gasteiger partial charge in [-0.15, -0.1) is 0 Å². The summed E-state index contributed by atoms with van der Waals surface area (Å²) in [4.78, 5) is 13.3. The first kappa shape index (κ1) is 9.58. The van der Waals surface area contributed by atoms with Crippen LogP contribution in [0.3, 0.4) is 0 Å². The Morgan fingerprint density at radius 3 is 2.85 bits per heavy atom. The molecule has 3 nitrogen and oxygen atoms in total. The zero-order valence-corrected chi connectivity index (χ0v) is 7.89. The van der Waals surface area contributed by atoms with Crippen LogP contribution in [0, 0.1) is 0 Å². The van der Waals surface area contributed by atoms with E-state index < -0.39 is 5.76 Å². The fourth-order valence-electron chi connectivity index (χ4n) is 1.10.